The van der Waals surface area contributed by atoms with Gasteiger partial charge in [-0.15, -0.1) is 0 Å². The molecular formula is C41H63BN4O7. The van der Waals surface area contributed by atoms with Gasteiger partial charge in [0.05, 0.1) is 12.1 Å². The third kappa shape index (κ3) is 16.1. The van der Waals surface area contributed by atoms with Crippen LogP contribution in [0, 0.1) is 17.8 Å². The second-order valence-electron chi connectivity index (χ2n) is 14.9. The highest BCUT2D eigenvalue weighted by Gasteiger charge is 2.31. The summed E-state index contributed by atoms with van der Waals surface area (Å²) in [6.07, 6.45) is 5.21. The van der Waals surface area contributed by atoms with Crippen LogP contribution in [0.4, 0.5) is 0 Å². The maximum absolute atomic E-state index is 13.7. The number of unbranched alkanes of at least 4 members (excludes halogenated alkanes) is 2. The van der Waals surface area contributed by atoms with E-state index in [0.29, 0.717) is 37.8 Å². The van der Waals surface area contributed by atoms with E-state index in [2.05, 4.69) is 41.8 Å². The van der Waals surface area contributed by atoms with Gasteiger partial charge in [0.1, 0.15) is 0 Å². The van der Waals surface area contributed by atoms with E-state index < -0.39 is 48.7 Å². The summed E-state index contributed by atoms with van der Waals surface area (Å²) < 4.78 is 0. The Bertz CT molecular complexity index is 1450. The van der Waals surface area contributed by atoms with Gasteiger partial charge in [0, 0.05) is 36.7 Å². The highest BCUT2D eigenvalue weighted by atomic mass is 16.4. The fourth-order valence-electron chi connectivity index (χ4n) is 6.22. The first-order valence-electron chi connectivity index (χ1n) is 19.4. The lowest BCUT2D eigenvalue weighted by atomic mass is 9.71. The topological polar surface area (TPSA) is 202 Å². The molecule has 0 saturated carbocycles. The maximum atomic E-state index is 13.7. The van der Waals surface area contributed by atoms with Gasteiger partial charge in [0.15, 0.2) is 17.3 Å². The number of amides is 2. The van der Waals surface area contributed by atoms with Crippen LogP contribution in [-0.2, 0) is 25.6 Å². The van der Waals surface area contributed by atoms with Crippen molar-refractivity contribution in [3.05, 3.63) is 59.7 Å². The molecule has 8 N–H and O–H groups in total. The molecular weight excluding hydrogens is 671 g/mol. The standard InChI is InChI=1S/C41H63BN4O7/c1-6-7-10-30-12-14-31(15-13-30)32-16-18-33(19-17-32)37(47)26-34(11-8-9-21-43)41(51)45-35(20-22-44)38(48)24-28(4)40(50)46-36(23-27(2)3)39(49)25-29(5)42(52)53/h12-19,27-29,34-36,52-53H,6-11,20-26,43-44H2,1-5H3,(H,45,51)(H,46,50)/t28-,29-,34-,35+,36+/m1/s1. The molecule has 0 aliphatic rings. The van der Waals surface area contributed by atoms with Crippen molar-refractivity contribution in [3.8, 4) is 11.1 Å². The van der Waals surface area contributed by atoms with Gasteiger partial charge in [-0.25, -0.2) is 0 Å². The predicted octanol–water partition coefficient (Wildman–Crippen LogP) is 4.80. The highest BCUT2D eigenvalue weighted by molar-refractivity contribution is 6.43. The molecule has 0 aromatic heterocycles. The Balaban J connectivity index is 2.11. The summed E-state index contributed by atoms with van der Waals surface area (Å²) in [5, 5.41) is 24.4. The molecule has 0 aliphatic heterocycles. The molecule has 0 unspecified atom stereocenters. The van der Waals surface area contributed by atoms with Gasteiger partial charge in [-0.2, -0.15) is 0 Å². The Hall–Kier alpha value is -3.71. The zero-order valence-corrected chi connectivity index (χ0v) is 32.4. The number of ketones is 3. The van der Waals surface area contributed by atoms with Crippen molar-refractivity contribution in [2.24, 2.45) is 29.2 Å². The second-order valence-corrected chi connectivity index (χ2v) is 14.9. The van der Waals surface area contributed by atoms with Crippen LogP contribution in [0.5, 0.6) is 0 Å². The summed E-state index contributed by atoms with van der Waals surface area (Å²) in [6, 6.07) is 14.0. The molecule has 53 heavy (non-hydrogen) atoms. The van der Waals surface area contributed by atoms with Crippen LogP contribution in [0.15, 0.2) is 48.5 Å². The van der Waals surface area contributed by atoms with E-state index in [1.165, 1.54) is 12.5 Å². The Kier molecular flexibility index (Phi) is 20.5. The number of Topliss-reactive ketones (excluding diaryl/α,β-unsaturated/α-hetero) is 3. The Morgan fingerprint density at radius 2 is 1.28 bits per heavy atom. The summed E-state index contributed by atoms with van der Waals surface area (Å²) in [4.78, 5) is 66.7. The minimum Gasteiger partial charge on any atom is -0.427 e. The van der Waals surface area contributed by atoms with Crippen molar-refractivity contribution in [3.63, 3.8) is 0 Å². The van der Waals surface area contributed by atoms with Crippen LogP contribution < -0.4 is 22.1 Å². The molecule has 2 rings (SSSR count). The van der Waals surface area contributed by atoms with Gasteiger partial charge >= 0.3 is 7.12 Å². The summed E-state index contributed by atoms with van der Waals surface area (Å²) in [5.74, 6) is -3.94. The minimum absolute atomic E-state index is 0.0403. The highest BCUT2D eigenvalue weighted by Crippen LogP contribution is 2.24. The normalized spacial score (nSPS) is 14.2. The molecule has 0 bridgehead atoms. The Morgan fingerprint density at radius 3 is 1.83 bits per heavy atom. The van der Waals surface area contributed by atoms with E-state index in [4.69, 9.17) is 11.5 Å². The molecule has 2 aromatic carbocycles. The van der Waals surface area contributed by atoms with Gasteiger partial charge in [-0.3, -0.25) is 24.0 Å². The number of carbonyl (C=O) groups excluding carboxylic acids is 5. The van der Waals surface area contributed by atoms with E-state index in [-0.39, 0.29) is 55.5 Å². The molecule has 0 heterocycles. The molecule has 0 spiro atoms. The molecule has 11 nitrogen and oxygen atoms in total. The van der Waals surface area contributed by atoms with E-state index >= 15 is 0 Å². The van der Waals surface area contributed by atoms with Gasteiger partial charge in [-0.05, 0) is 80.0 Å². The van der Waals surface area contributed by atoms with E-state index in [1.54, 1.807) is 19.1 Å². The summed E-state index contributed by atoms with van der Waals surface area (Å²) in [7, 11) is -1.66. The van der Waals surface area contributed by atoms with Crippen molar-refractivity contribution < 1.29 is 34.0 Å². The van der Waals surface area contributed by atoms with Crippen LogP contribution in [0.3, 0.4) is 0 Å². The van der Waals surface area contributed by atoms with Crippen LogP contribution in [0.2, 0.25) is 5.82 Å². The van der Waals surface area contributed by atoms with Crippen LogP contribution >= 0.6 is 0 Å². The number of aryl methyl sites for hydroxylation is 1. The van der Waals surface area contributed by atoms with Gasteiger partial charge in [0.25, 0.3) is 0 Å². The minimum atomic E-state index is -1.66. The SMILES string of the molecule is CCCCc1ccc(-c2ccc(C(=O)C[C@@H](CCCCN)C(=O)N[C@@H](CCN)C(=O)C[C@@H](C)C(=O)N[C@@H](CC(C)C)C(=O)C[C@@H](C)B(O)O)cc2)cc1. The van der Waals surface area contributed by atoms with Crippen LogP contribution in [-0.4, -0.2) is 71.5 Å². The molecule has 2 amide bonds. The van der Waals surface area contributed by atoms with E-state index in [0.717, 1.165) is 30.4 Å². The molecule has 0 aliphatic carbocycles. The third-order valence-corrected chi connectivity index (χ3v) is 9.68. The van der Waals surface area contributed by atoms with Crippen molar-refractivity contribution in [2.45, 2.75) is 123 Å². The van der Waals surface area contributed by atoms with Gasteiger partial charge < -0.3 is 32.1 Å². The Morgan fingerprint density at radius 1 is 0.698 bits per heavy atom. The molecule has 2 aromatic rings. The third-order valence-electron chi connectivity index (χ3n) is 9.68. The van der Waals surface area contributed by atoms with Gasteiger partial charge in [-0.1, -0.05) is 96.0 Å². The quantitative estimate of drug-likeness (QED) is 0.0446. The molecule has 12 heteroatoms. The number of nitrogens with two attached hydrogens (primary N) is 2. The number of benzene rings is 2. The lowest BCUT2D eigenvalue weighted by molar-refractivity contribution is -0.134. The fraction of sp³-hybridized carbons (Fsp3) is 0.585. The molecule has 0 fully saturated rings. The molecule has 0 radical (unpaired) electrons. The van der Waals surface area contributed by atoms with E-state index in [1.807, 2.05) is 26.0 Å². The Labute approximate surface area is 316 Å². The van der Waals surface area contributed by atoms with Crippen molar-refractivity contribution in [1.82, 2.24) is 10.6 Å². The summed E-state index contributed by atoms with van der Waals surface area (Å²) in [6.45, 7) is 9.66. The maximum Gasteiger partial charge on any atom is 0.454 e. The molecule has 5 atom stereocenters. The summed E-state index contributed by atoms with van der Waals surface area (Å²) in [5.41, 5.74) is 15.4. The predicted molar refractivity (Wildman–Crippen MR) is 211 cm³/mol. The fourth-order valence-corrected chi connectivity index (χ4v) is 6.22. The average Bonchev–Trinajstić information content (AvgIpc) is 3.12. The number of carbonyl (C=O) groups is 5. The second kappa shape index (κ2) is 23.9. The zero-order chi connectivity index (χ0) is 39.5. The van der Waals surface area contributed by atoms with Crippen molar-refractivity contribution in [2.75, 3.05) is 13.1 Å². The molecule has 0 saturated heterocycles. The first-order chi connectivity index (χ1) is 25.2. The van der Waals surface area contributed by atoms with Crippen LogP contribution in [0.25, 0.3) is 11.1 Å². The number of nitrogens with one attached hydrogen (secondary N) is 2. The zero-order valence-electron chi connectivity index (χ0n) is 32.4. The molecule has 292 valence electrons. The van der Waals surface area contributed by atoms with Crippen LogP contribution in [0.1, 0.15) is 115 Å². The lowest BCUT2D eigenvalue weighted by Gasteiger charge is -2.24. The first-order valence-corrected chi connectivity index (χ1v) is 19.4. The first kappa shape index (κ1) is 45.5. The number of hydrogen-bond acceptors (Lipinski definition) is 9. The van der Waals surface area contributed by atoms with E-state index in [9.17, 15) is 34.0 Å². The average molecular weight is 735 g/mol. The van der Waals surface area contributed by atoms with Crippen molar-refractivity contribution in [1.29, 1.82) is 0 Å². The largest absolute Gasteiger partial charge is 0.454 e. The van der Waals surface area contributed by atoms with Gasteiger partial charge in [0.2, 0.25) is 11.8 Å². The number of hydrogen-bond donors (Lipinski definition) is 6. The number of rotatable bonds is 26. The van der Waals surface area contributed by atoms with Crippen molar-refractivity contribution >= 4 is 36.3 Å². The monoisotopic (exact) mass is 734 g/mol. The summed E-state index contributed by atoms with van der Waals surface area (Å²) >= 11 is 0. The smallest absolute Gasteiger partial charge is 0.427 e. The lowest BCUT2D eigenvalue weighted by Crippen LogP contribution is -2.47.